The van der Waals surface area contributed by atoms with Crippen molar-refractivity contribution in [3.63, 3.8) is 0 Å². The van der Waals surface area contributed by atoms with Crippen LogP contribution in [0.15, 0.2) is 10.7 Å². The van der Waals surface area contributed by atoms with Gasteiger partial charge in [-0.3, -0.25) is 0 Å². The molecule has 0 bridgehead atoms. The molecule has 0 atom stereocenters. The molecule has 0 aromatic carbocycles. The molecule has 1 aromatic rings. The fraction of sp³-hybridized carbons (Fsp3) is 0.286. The van der Waals surface area contributed by atoms with Gasteiger partial charge >= 0.3 is 0 Å². The van der Waals surface area contributed by atoms with Crippen LogP contribution < -0.4 is 5.73 Å². The van der Waals surface area contributed by atoms with Gasteiger partial charge in [-0.15, -0.1) is 11.6 Å². The van der Waals surface area contributed by atoms with Crippen molar-refractivity contribution in [2.45, 2.75) is 12.3 Å². The lowest BCUT2D eigenvalue weighted by molar-refractivity contribution is 0.149. The van der Waals surface area contributed by atoms with Crippen LogP contribution in [0.1, 0.15) is 17.6 Å². The SMILES string of the molecule is Nc1cc(CCl)c(C(F)F)c(Br)n1. The van der Waals surface area contributed by atoms with Gasteiger partial charge in [0.05, 0.1) is 5.56 Å². The molecule has 0 spiro atoms. The van der Waals surface area contributed by atoms with E-state index in [1.54, 1.807) is 0 Å². The van der Waals surface area contributed by atoms with Crippen molar-refractivity contribution >= 4 is 33.3 Å². The van der Waals surface area contributed by atoms with Gasteiger partial charge in [0.1, 0.15) is 10.4 Å². The average molecular weight is 271 g/mol. The van der Waals surface area contributed by atoms with Crippen LogP contribution >= 0.6 is 27.5 Å². The molecule has 0 saturated carbocycles. The lowest BCUT2D eigenvalue weighted by Gasteiger charge is -2.08. The molecule has 0 aliphatic carbocycles. The predicted octanol–water partition coefficient (Wildman–Crippen LogP) is 3.10. The van der Waals surface area contributed by atoms with Crippen molar-refractivity contribution < 1.29 is 8.78 Å². The molecule has 0 radical (unpaired) electrons. The summed E-state index contributed by atoms with van der Waals surface area (Å²) in [6, 6.07) is 1.35. The maximum atomic E-state index is 12.4. The summed E-state index contributed by atoms with van der Waals surface area (Å²) < 4.78 is 24.9. The molecular weight excluding hydrogens is 265 g/mol. The van der Waals surface area contributed by atoms with Crippen molar-refractivity contribution in [2.24, 2.45) is 0 Å². The average Bonchev–Trinajstić information content (AvgIpc) is 2.01. The molecule has 2 nitrogen and oxygen atoms in total. The minimum atomic E-state index is -2.60. The fourth-order valence-corrected chi connectivity index (χ4v) is 1.79. The molecule has 6 heteroatoms. The molecule has 1 heterocycles. The van der Waals surface area contributed by atoms with Crippen LogP contribution in [0.2, 0.25) is 0 Å². The van der Waals surface area contributed by atoms with Gasteiger partial charge in [-0.2, -0.15) is 0 Å². The van der Waals surface area contributed by atoms with E-state index in [0.29, 0.717) is 5.56 Å². The summed E-state index contributed by atoms with van der Waals surface area (Å²) in [4.78, 5) is 3.66. The molecule has 0 amide bonds. The molecular formula is C7H6BrClF2N2. The normalized spacial score (nSPS) is 10.8. The van der Waals surface area contributed by atoms with E-state index in [9.17, 15) is 8.78 Å². The second-order valence-corrected chi connectivity index (χ2v) is 3.36. The van der Waals surface area contributed by atoms with Gasteiger partial charge in [0.15, 0.2) is 0 Å². The Hall–Kier alpha value is -0.420. The van der Waals surface area contributed by atoms with Gasteiger partial charge in [0, 0.05) is 5.88 Å². The van der Waals surface area contributed by atoms with Crippen molar-refractivity contribution in [1.82, 2.24) is 4.98 Å². The maximum absolute atomic E-state index is 12.4. The number of nitrogens with zero attached hydrogens (tertiary/aromatic N) is 1. The highest BCUT2D eigenvalue weighted by molar-refractivity contribution is 9.10. The van der Waals surface area contributed by atoms with E-state index in [1.807, 2.05) is 0 Å². The fourth-order valence-electron chi connectivity index (χ4n) is 0.935. The highest BCUT2D eigenvalue weighted by Crippen LogP contribution is 2.31. The summed E-state index contributed by atoms with van der Waals surface area (Å²) in [7, 11) is 0. The Morgan fingerprint density at radius 2 is 2.23 bits per heavy atom. The van der Waals surface area contributed by atoms with Gasteiger partial charge in [0.25, 0.3) is 6.43 Å². The molecule has 1 rings (SSSR count). The predicted molar refractivity (Wildman–Crippen MR) is 50.9 cm³/mol. The minimum Gasteiger partial charge on any atom is -0.384 e. The van der Waals surface area contributed by atoms with E-state index in [-0.39, 0.29) is 21.9 Å². The Bertz CT molecular complexity index is 320. The minimum absolute atomic E-state index is 0.00894. The Kier molecular flexibility index (Phi) is 3.44. The van der Waals surface area contributed by atoms with Crippen molar-refractivity contribution in [3.05, 3.63) is 21.8 Å². The Labute approximate surface area is 87.2 Å². The van der Waals surface area contributed by atoms with Crippen molar-refractivity contribution in [1.29, 1.82) is 0 Å². The Morgan fingerprint density at radius 3 is 2.69 bits per heavy atom. The van der Waals surface area contributed by atoms with E-state index in [2.05, 4.69) is 20.9 Å². The number of nitrogens with two attached hydrogens (primary N) is 1. The quantitative estimate of drug-likeness (QED) is 0.663. The molecule has 0 aliphatic rings. The largest absolute Gasteiger partial charge is 0.384 e. The van der Waals surface area contributed by atoms with Gasteiger partial charge < -0.3 is 5.73 Å². The molecule has 0 aliphatic heterocycles. The number of aromatic nitrogens is 1. The first-order chi connectivity index (χ1) is 6.06. The van der Waals surface area contributed by atoms with Crippen LogP contribution in [0.25, 0.3) is 0 Å². The highest BCUT2D eigenvalue weighted by atomic mass is 79.9. The van der Waals surface area contributed by atoms with Gasteiger partial charge in [-0.1, -0.05) is 0 Å². The summed E-state index contributed by atoms with van der Waals surface area (Å²) in [5.41, 5.74) is 5.47. The number of rotatable bonds is 2. The van der Waals surface area contributed by atoms with Crippen LogP contribution in [0.3, 0.4) is 0 Å². The highest BCUT2D eigenvalue weighted by Gasteiger charge is 2.17. The second-order valence-electron chi connectivity index (χ2n) is 2.35. The third kappa shape index (κ3) is 2.28. The first-order valence-electron chi connectivity index (χ1n) is 3.35. The zero-order valence-corrected chi connectivity index (χ0v) is 8.74. The summed E-state index contributed by atoms with van der Waals surface area (Å²) in [5.74, 6) is 0.164. The van der Waals surface area contributed by atoms with Crippen LogP contribution in [-0.2, 0) is 5.88 Å². The third-order valence-electron chi connectivity index (χ3n) is 1.48. The molecule has 13 heavy (non-hydrogen) atoms. The van der Waals surface area contributed by atoms with Crippen molar-refractivity contribution in [2.75, 3.05) is 5.73 Å². The van der Waals surface area contributed by atoms with Gasteiger partial charge in [0.2, 0.25) is 0 Å². The smallest absolute Gasteiger partial charge is 0.266 e. The molecule has 1 aromatic heterocycles. The van der Waals surface area contributed by atoms with E-state index < -0.39 is 6.43 Å². The molecule has 0 fully saturated rings. The Balaban J connectivity index is 3.30. The third-order valence-corrected chi connectivity index (χ3v) is 2.37. The topological polar surface area (TPSA) is 38.9 Å². The first kappa shape index (κ1) is 10.7. The number of anilines is 1. The first-order valence-corrected chi connectivity index (χ1v) is 4.68. The number of halogens is 4. The lowest BCUT2D eigenvalue weighted by Crippen LogP contribution is -2.00. The number of pyridine rings is 1. The van der Waals surface area contributed by atoms with E-state index in [1.165, 1.54) is 6.07 Å². The van der Waals surface area contributed by atoms with Gasteiger partial charge in [-0.25, -0.2) is 13.8 Å². The molecule has 2 N–H and O–H groups in total. The monoisotopic (exact) mass is 270 g/mol. The molecule has 0 unspecified atom stereocenters. The summed E-state index contributed by atoms with van der Waals surface area (Å²) in [6.07, 6.45) is -2.60. The maximum Gasteiger partial charge on any atom is 0.266 e. The van der Waals surface area contributed by atoms with E-state index in [4.69, 9.17) is 17.3 Å². The number of nitrogen functional groups attached to an aromatic ring is 1. The second kappa shape index (κ2) is 4.19. The summed E-state index contributed by atoms with van der Waals surface area (Å²) in [5, 5.41) is 0. The standard InChI is InChI=1S/C7H6BrClF2N2/c8-6-5(7(10)11)3(2-9)1-4(12)13-6/h1,7H,2H2,(H2,12,13). The summed E-state index contributed by atoms with van der Waals surface area (Å²) in [6.45, 7) is 0. The Morgan fingerprint density at radius 1 is 1.62 bits per heavy atom. The number of alkyl halides is 3. The van der Waals surface area contributed by atoms with Gasteiger partial charge in [-0.05, 0) is 27.6 Å². The lowest BCUT2D eigenvalue weighted by atomic mass is 10.1. The van der Waals surface area contributed by atoms with Crippen molar-refractivity contribution in [3.8, 4) is 0 Å². The number of hydrogen-bond donors (Lipinski definition) is 1. The van der Waals surface area contributed by atoms with Crippen LogP contribution in [0.4, 0.5) is 14.6 Å². The van der Waals surface area contributed by atoms with E-state index in [0.717, 1.165) is 0 Å². The van der Waals surface area contributed by atoms with Crippen LogP contribution in [-0.4, -0.2) is 4.98 Å². The van der Waals surface area contributed by atoms with E-state index >= 15 is 0 Å². The number of hydrogen-bond acceptors (Lipinski definition) is 2. The zero-order chi connectivity index (χ0) is 10.0. The molecule has 0 saturated heterocycles. The van der Waals surface area contributed by atoms with Crippen LogP contribution in [0.5, 0.6) is 0 Å². The molecule has 72 valence electrons. The van der Waals surface area contributed by atoms with Crippen LogP contribution in [0, 0.1) is 0 Å². The summed E-state index contributed by atoms with van der Waals surface area (Å²) >= 11 is 8.39. The zero-order valence-electron chi connectivity index (χ0n) is 6.40.